The highest BCUT2D eigenvalue weighted by Crippen LogP contribution is 2.36. The lowest BCUT2D eigenvalue weighted by Gasteiger charge is -2.13. The van der Waals surface area contributed by atoms with Crippen molar-refractivity contribution >= 4 is 21.7 Å². The van der Waals surface area contributed by atoms with Gasteiger partial charge in [0, 0.05) is 23.3 Å². The van der Waals surface area contributed by atoms with Crippen molar-refractivity contribution in [1.29, 1.82) is 0 Å². The molecular formula is C27H22N2O. The van der Waals surface area contributed by atoms with Crippen LogP contribution in [0, 0.1) is 0 Å². The highest BCUT2D eigenvalue weighted by atomic mass is 16.5. The Labute approximate surface area is 176 Å². The smallest absolute Gasteiger partial charge is 0.119 e. The van der Waals surface area contributed by atoms with Crippen LogP contribution in [-0.2, 0) is 0 Å². The van der Waals surface area contributed by atoms with Crippen LogP contribution in [0.4, 0.5) is 0 Å². The summed E-state index contributed by atoms with van der Waals surface area (Å²) in [5.74, 6) is 0.899. The molecule has 0 spiro atoms. The zero-order chi connectivity index (χ0) is 20.3. The van der Waals surface area contributed by atoms with Crippen LogP contribution in [0.25, 0.3) is 44.1 Å². The monoisotopic (exact) mass is 390 g/mol. The van der Waals surface area contributed by atoms with E-state index in [4.69, 9.17) is 9.72 Å². The number of rotatable bonds is 5. The van der Waals surface area contributed by atoms with Gasteiger partial charge in [-0.05, 0) is 64.7 Å². The van der Waals surface area contributed by atoms with Crippen molar-refractivity contribution < 1.29 is 4.74 Å². The van der Waals surface area contributed by atoms with E-state index in [0.717, 1.165) is 46.7 Å². The summed E-state index contributed by atoms with van der Waals surface area (Å²) in [5.41, 5.74) is 5.23. The Hall–Kier alpha value is -3.72. The lowest BCUT2D eigenvalue weighted by molar-refractivity contribution is 0.317. The minimum absolute atomic E-state index is 0.729. The predicted octanol–water partition coefficient (Wildman–Crippen LogP) is 6.91. The molecule has 2 aromatic heterocycles. The van der Waals surface area contributed by atoms with Crippen molar-refractivity contribution in [3.05, 3.63) is 91.3 Å². The number of fused-ring (bicyclic) bond motifs is 3. The SMILES string of the molecule is CCCOc1ccc(-c2cc(-c3cccnc3)nc3ccc4ccccc4c23)cc1. The standard InChI is InChI=1S/C27H22N2O/c1-2-16-30-22-12-9-20(10-13-22)24-17-26(21-7-5-15-28-18-21)29-25-14-11-19-6-3-4-8-23(19)27(24)25/h3-15,17-18H,2,16H2,1H3. The number of ether oxygens (including phenoxy) is 1. The van der Waals surface area contributed by atoms with E-state index < -0.39 is 0 Å². The molecule has 0 atom stereocenters. The van der Waals surface area contributed by atoms with Crippen molar-refractivity contribution in [1.82, 2.24) is 9.97 Å². The number of nitrogens with zero attached hydrogens (tertiary/aromatic N) is 2. The van der Waals surface area contributed by atoms with E-state index in [1.54, 1.807) is 6.20 Å². The van der Waals surface area contributed by atoms with E-state index >= 15 is 0 Å². The molecular weight excluding hydrogens is 368 g/mol. The number of hydrogen-bond acceptors (Lipinski definition) is 3. The summed E-state index contributed by atoms with van der Waals surface area (Å²) in [7, 11) is 0. The Morgan fingerprint density at radius 1 is 0.833 bits per heavy atom. The average molecular weight is 390 g/mol. The molecule has 2 heterocycles. The lowest BCUT2D eigenvalue weighted by Crippen LogP contribution is -1.95. The summed E-state index contributed by atoms with van der Waals surface area (Å²) in [6.45, 7) is 2.84. The predicted molar refractivity (Wildman–Crippen MR) is 124 cm³/mol. The first kappa shape index (κ1) is 18.3. The molecule has 0 radical (unpaired) electrons. The normalized spacial score (nSPS) is 11.1. The minimum atomic E-state index is 0.729. The average Bonchev–Trinajstić information content (AvgIpc) is 2.83. The minimum Gasteiger partial charge on any atom is -0.494 e. The molecule has 146 valence electrons. The lowest BCUT2D eigenvalue weighted by atomic mass is 9.95. The Bertz CT molecular complexity index is 1310. The van der Waals surface area contributed by atoms with Gasteiger partial charge in [-0.2, -0.15) is 0 Å². The van der Waals surface area contributed by atoms with Crippen LogP contribution >= 0.6 is 0 Å². The van der Waals surface area contributed by atoms with Gasteiger partial charge < -0.3 is 4.74 Å². The molecule has 0 amide bonds. The van der Waals surface area contributed by atoms with Gasteiger partial charge in [0.2, 0.25) is 0 Å². The number of benzene rings is 3. The summed E-state index contributed by atoms with van der Waals surface area (Å²) in [5, 5.41) is 3.59. The Morgan fingerprint density at radius 3 is 2.50 bits per heavy atom. The first-order valence-corrected chi connectivity index (χ1v) is 10.3. The third kappa shape index (κ3) is 3.39. The third-order valence-corrected chi connectivity index (χ3v) is 5.29. The maximum atomic E-state index is 5.78. The fourth-order valence-corrected chi connectivity index (χ4v) is 3.85. The Kier molecular flexibility index (Phi) is 4.86. The van der Waals surface area contributed by atoms with Gasteiger partial charge in [-0.1, -0.05) is 49.4 Å². The maximum Gasteiger partial charge on any atom is 0.119 e. The van der Waals surface area contributed by atoms with Crippen LogP contribution in [-0.4, -0.2) is 16.6 Å². The van der Waals surface area contributed by atoms with Crippen LogP contribution in [0.1, 0.15) is 13.3 Å². The largest absolute Gasteiger partial charge is 0.494 e. The third-order valence-electron chi connectivity index (χ3n) is 5.29. The number of hydrogen-bond donors (Lipinski definition) is 0. The zero-order valence-corrected chi connectivity index (χ0v) is 16.9. The van der Waals surface area contributed by atoms with Crippen molar-refractivity contribution in [2.45, 2.75) is 13.3 Å². The second-order valence-corrected chi connectivity index (χ2v) is 7.35. The molecule has 3 heteroatoms. The van der Waals surface area contributed by atoms with Gasteiger partial charge in [0.1, 0.15) is 5.75 Å². The molecule has 0 aliphatic heterocycles. The first-order chi connectivity index (χ1) is 14.8. The van der Waals surface area contributed by atoms with Gasteiger partial charge in [0.15, 0.2) is 0 Å². The van der Waals surface area contributed by atoms with Crippen molar-refractivity contribution in [2.24, 2.45) is 0 Å². The second kappa shape index (κ2) is 7.96. The second-order valence-electron chi connectivity index (χ2n) is 7.35. The summed E-state index contributed by atoms with van der Waals surface area (Å²) in [6.07, 6.45) is 4.64. The summed E-state index contributed by atoms with van der Waals surface area (Å²) in [6, 6.07) is 27.3. The molecule has 5 rings (SSSR count). The molecule has 0 N–H and O–H groups in total. The maximum absolute atomic E-state index is 5.78. The van der Waals surface area contributed by atoms with E-state index in [9.17, 15) is 0 Å². The van der Waals surface area contributed by atoms with Crippen LogP contribution < -0.4 is 4.74 Å². The van der Waals surface area contributed by atoms with E-state index in [0.29, 0.717) is 0 Å². The van der Waals surface area contributed by atoms with Crippen LogP contribution in [0.5, 0.6) is 5.75 Å². The van der Waals surface area contributed by atoms with Crippen molar-refractivity contribution in [3.8, 4) is 28.1 Å². The van der Waals surface area contributed by atoms with Crippen molar-refractivity contribution in [2.75, 3.05) is 6.61 Å². The van der Waals surface area contributed by atoms with Crippen LogP contribution in [0.3, 0.4) is 0 Å². The summed E-state index contributed by atoms with van der Waals surface area (Å²) in [4.78, 5) is 9.25. The molecule has 0 saturated carbocycles. The molecule has 0 bridgehead atoms. The van der Waals surface area contributed by atoms with Gasteiger partial charge in [-0.3, -0.25) is 4.98 Å². The van der Waals surface area contributed by atoms with Crippen LogP contribution in [0.2, 0.25) is 0 Å². The highest BCUT2D eigenvalue weighted by Gasteiger charge is 2.13. The van der Waals surface area contributed by atoms with Gasteiger partial charge >= 0.3 is 0 Å². The molecule has 0 aliphatic carbocycles. The molecule has 30 heavy (non-hydrogen) atoms. The van der Waals surface area contributed by atoms with Crippen molar-refractivity contribution in [3.63, 3.8) is 0 Å². The molecule has 0 saturated heterocycles. The molecule has 0 aliphatic rings. The van der Waals surface area contributed by atoms with E-state index in [1.165, 1.54) is 16.2 Å². The summed E-state index contributed by atoms with van der Waals surface area (Å²) < 4.78 is 5.78. The van der Waals surface area contributed by atoms with Gasteiger partial charge in [0.05, 0.1) is 17.8 Å². The number of aromatic nitrogens is 2. The Balaban J connectivity index is 1.76. The molecule has 3 nitrogen and oxygen atoms in total. The van der Waals surface area contributed by atoms with Gasteiger partial charge in [0.25, 0.3) is 0 Å². The number of pyridine rings is 2. The zero-order valence-electron chi connectivity index (χ0n) is 16.9. The molecule has 0 fully saturated rings. The van der Waals surface area contributed by atoms with E-state index in [2.05, 4.69) is 66.5 Å². The van der Waals surface area contributed by atoms with Gasteiger partial charge in [-0.25, -0.2) is 4.98 Å². The molecule has 3 aromatic carbocycles. The van der Waals surface area contributed by atoms with Gasteiger partial charge in [-0.15, -0.1) is 0 Å². The fourth-order valence-electron chi connectivity index (χ4n) is 3.85. The highest BCUT2D eigenvalue weighted by molar-refractivity contribution is 6.13. The summed E-state index contributed by atoms with van der Waals surface area (Å²) >= 11 is 0. The van der Waals surface area contributed by atoms with E-state index in [1.807, 2.05) is 30.5 Å². The molecule has 5 aromatic rings. The first-order valence-electron chi connectivity index (χ1n) is 10.3. The van der Waals surface area contributed by atoms with Crippen LogP contribution in [0.15, 0.2) is 91.3 Å². The molecule has 0 unspecified atom stereocenters. The Morgan fingerprint density at radius 2 is 1.70 bits per heavy atom. The topological polar surface area (TPSA) is 35.0 Å². The quantitative estimate of drug-likeness (QED) is 0.306. The fraction of sp³-hybridized carbons (Fsp3) is 0.111. The van der Waals surface area contributed by atoms with E-state index in [-0.39, 0.29) is 0 Å².